The lowest BCUT2D eigenvalue weighted by molar-refractivity contribution is -0.133. The molecule has 3 aromatic rings. The molecule has 6 nitrogen and oxygen atoms in total. The van der Waals surface area contributed by atoms with E-state index in [9.17, 15) is 4.79 Å². The number of nitrogens with one attached hydrogen (secondary N) is 1. The fourth-order valence-corrected chi connectivity index (χ4v) is 4.29. The van der Waals surface area contributed by atoms with E-state index in [0.717, 1.165) is 47.5 Å². The van der Waals surface area contributed by atoms with E-state index in [1.54, 1.807) is 0 Å². The molecule has 1 amide bonds. The number of benzene rings is 2. The van der Waals surface area contributed by atoms with Gasteiger partial charge < -0.3 is 20.9 Å². The number of fused-ring (bicyclic) bond motifs is 1. The summed E-state index contributed by atoms with van der Waals surface area (Å²) in [4.78, 5) is 22.4. The second-order valence-corrected chi connectivity index (χ2v) is 7.94. The monoisotopic (exact) mass is 417 g/mol. The van der Waals surface area contributed by atoms with E-state index in [2.05, 4.69) is 41.4 Å². The van der Waals surface area contributed by atoms with Crippen LogP contribution in [0.3, 0.4) is 0 Å². The number of piperazine rings is 1. The van der Waals surface area contributed by atoms with Crippen molar-refractivity contribution in [3.05, 3.63) is 66.2 Å². The Morgan fingerprint density at radius 2 is 1.77 bits per heavy atom. The van der Waals surface area contributed by atoms with Crippen molar-refractivity contribution in [1.29, 1.82) is 0 Å². The molecule has 0 saturated carbocycles. The maximum Gasteiger partial charge on any atom is 0.230 e. The number of hydrogen-bond donors (Lipinski definition) is 2. The van der Waals surface area contributed by atoms with Crippen LogP contribution in [0.25, 0.3) is 10.9 Å². The molecule has 1 unspecified atom stereocenters. The molecule has 6 heteroatoms. The molecule has 1 saturated heterocycles. The lowest BCUT2D eigenvalue weighted by atomic mass is 9.95. The minimum Gasteiger partial charge on any atom is -0.383 e. The van der Waals surface area contributed by atoms with Crippen LogP contribution in [0.2, 0.25) is 0 Å². The van der Waals surface area contributed by atoms with Crippen LogP contribution in [0.5, 0.6) is 0 Å². The first-order valence-electron chi connectivity index (χ1n) is 11.1. The maximum atomic E-state index is 13.2. The van der Waals surface area contributed by atoms with Crippen LogP contribution in [0, 0.1) is 0 Å². The van der Waals surface area contributed by atoms with Gasteiger partial charge in [-0.3, -0.25) is 4.79 Å². The summed E-state index contributed by atoms with van der Waals surface area (Å²) >= 11 is 0. The topological polar surface area (TPSA) is 74.5 Å². The summed E-state index contributed by atoms with van der Waals surface area (Å²) < 4.78 is 0. The van der Waals surface area contributed by atoms with Crippen molar-refractivity contribution in [2.24, 2.45) is 5.73 Å². The number of hydrogen-bond acceptors (Lipinski definition) is 5. The van der Waals surface area contributed by atoms with Gasteiger partial charge in [-0.05, 0) is 18.1 Å². The first-order valence-corrected chi connectivity index (χ1v) is 11.1. The summed E-state index contributed by atoms with van der Waals surface area (Å²) in [7, 11) is 0. The Morgan fingerprint density at radius 3 is 2.48 bits per heavy atom. The van der Waals surface area contributed by atoms with Crippen LogP contribution in [0.4, 0.5) is 11.5 Å². The van der Waals surface area contributed by atoms with Crippen molar-refractivity contribution in [2.75, 3.05) is 49.5 Å². The molecule has 1 atom stereocenters. The number of rotatable bonds is 7. The largest absolute Gasteiger partial charge is 0.383 e. The predicted octanol–water partition coefficient (Wildman–Crippen LogP) is 3.45. The number of carbonyl (C=O) groups is 1. The van der Waals surface area contributed by atoms with Gasteiger partial charge in [0.25, 0.3) is 0 Å². The van der Waals surface area contributed by atoms with Crippen LogP contribution in [-0.4, -0.2) is 55.1 Å². The molecule has 2 heterocycles. The lowest BCUT2D eigenvalue weighted by Crippen LogP contribution is -2.50. The van der Waals surface area contributed by atoms with Crippen molar-refractivity contribution in [2.45, 2.75) is 19.3 Å². The van der Waals surface area contributed by atoms with Gasteiger partial charge in [0.05, 0.1) is 11.4 Å². The number of para-hydroxylation sites is 1. The Bertz CT molecular complexity index is 1010. The van der Waals surface area contributed by atoms with Crippen molar-refractivity contribution in [3.63, 3.8) is 0 Å². The summed E-state index contributed by atoms with van der Waals surface area (Å²) in [5, 5.41) is 4.53. The molecule has 1 aliphatic rings. The Morgan fingerprint density at radius 1 is 1.06 bits per heavy atom. The van der Waals surface area contributed by atoms with Crippen LogP contribution < -0.4 is 16.0 Å². The Balaban J connectivity index is 1.48. The van der Waals surface area contributed by atoms with Crippen LogP contribution in [0.15, 0.2) is 60.7 Å². The zero-order valence-electron chi connectivity index (χ0n) is 18.1. The number of nitrogens with two attached hydrogens (primary N) is 1. The average molecular weight is 418 g/mol. The number of nitrogens with zero attached hydrogens (tertiary/aromatic N) is 3. The average Bonchev–Trinajstić information content (AvgIpc) is 2.83. The Labute approximate surface area is 184 Å². The molecule has 1 fully saturated rings. The first-order chi connectivity index (χ1) is 15.2. The second-order valence-electron chi connectivity index (χ2n) is 7.94. The van der Waals surface area contributed by atoms with E-state index >= 15 is 0 Å². The second kappa shape index (κ2) is 9.79. The highest BCUT2D eigenvalue weighted by atomic mass is 16.2. The van der Waals surface area contributed by atoms with Gasteiger partial charge in [-0.2, -0.15) is 0 Å². The van der Waals surface area contributed by atoms with Gasteiger partial charge >= 0.3 is 0 Å². The van der Waals surface area contributed by atoms with Crippen LogP contribution in [0.1, 0.15) is 24.8 Å². The molecule has 4 rings (SSSR count). The number of anilines is 2. The molecule has 2 aromatic carbocycles. The highest BCUT2D eigenvalue weighted by molar-refractivity contribution is 5.93. The van der Waals surface area contributed by atoms with Gasteiger partial charge in [0.2, 0.25) is 5.91 Å². The van der Waals surface area contributed by atoms with E-state index in [1.807, 2.05) is 41.3 Å². The van der Waals surface area contributed by atoms with Crippen LogP contribution >= 0.6 is 0 Å². The van der Waals surface area contributed by atoms with E-state index in [-0.39, 0.29) is 11.8 Å². The van der Waals surface area contributed by atoms with Crippen LogP contribution in [-0.2, 0) is 4.79 Å². The molecule has 31 heavy (non-hydrogen) atoms. The molecule has 1 aliphatic heterocycles. The molecular formula is C25H31N5O. The molecular weight excluding hydrogens is 386 g/mol. The van der Waals surface area contributed by atoms with Crippen molar-refractivity contribution in [1.82, 2.24) is 9.88 Å². The normalized spacial score (nSPS) is 15.2. The van der Waals surface area contributed by atoms with Gasteiger partial charge in [-0.1, -0.05) is 55.5 Å². The minimum absolute atomic E-state index is 0.0707. The molecule has 0 radical (unpaired) electrons. The Kier molecular flexibility index (Phi) is 6.67. The number of pyridine rings is 1. The summed E-state index contributed by atoms with van der Waals surface area (Å²) in [5.41, 5.74) is 8.82. The fraction of sp³-hybridized carbons (Fsp3) is 0.360. The van der Waals surface area contributed by atoms with Gasteiger partial charge in [0.1, 0.15) is 5.82 Å². The van der Waals surface area contributed by atoms with Gasteiger partial charge in [-0.15, -0.1) is 0 Å². The lowest BCUT2D eigenvalue weighted by Gasteiger charge is -2.37. The molecule has 0 bridgehead atoms. The summed E-state index contributed by atoms with van der Waals surface area (Å²) in [6, 6.07) is 20.4. The van der Waals surface area contributed by atoms with Crippen molar-refractivity contribution < 1.29 is 4.79 Å². The predicted molar refractivity (Wildman–Crippen MR) is 128 cm³/mol. The fourth-order valence-electron chi connectivity index (χ4n) is 4.29. The third-order valence-electron chi connectivity index (χ3n) is 5.99. The summed E-state index contributed by atoms with van der Waals surface area (Å²) in [6.07, 6.45) is 0.811. The maximum absolute atomic E-state index is 13.2. The minimum atomic E-state index is -0.0707. The van der Waals surface area contributed by atoms with Gasteiger partial charge in [0.15, 0.2) is 0 Å². The van der Waals surface area contributed by atoms with Gasteiger partial charge in [-0.25, -0.2) is 4.98 Å². The molecule has 0 spiro atoms. The molecule has 3 N–H and O–H groups in total. The third-order valence-corrected chi connectivity index (χ3v) is 5.99. The molecule has 1 aromatic heterocycles. The van der Waals surface area contributed by atoms with E-state index in [4.69, 9.17) is 10.7 Å². The highest BCUT2D eigenvalue weighted by Crippen LogP contribution is 2.28. The zero-order chi connectivity index (χ0) is 21.6. The van der Waals surface area contributed by atoms with E-state index < -0.39 is 0 Å². The SMILES string of the molecule is CCC(C(=O)N1CCN(c2cc(NCCN)c3ccccc3n2)CC1)c1ccccc1. The number of amides is 1. The Hall–Kier alpha value is -3.12. The summed E-state index contributed by atoms with van der Waals surface area (Å²) in [6.45, 7) is 6.35. The third kappa shape index (κ3) is 4.64. The zero-order valence-corrected chi connectivity index (χ0v) is 18.1. The van der Waals surface area contributed by atoms with Crippen molar-refractivity contribution >= 4 is 28.3 Å². The van der Waals surface area contributed by atoms with E-state index in [0.29, 0.717) is 26.2 Å². The standard InChI is InChI=1S/C25H31N5O/c1-2-20(19-8-4-3-5-9-19)25(31)30-16-14-29(15-17-30)24-18-23(27-13-12-26)21-10-6-7-11-22(21)28-24/h3-11,18,20H,2,12-17,26H2,1H3,(H,27,28). The highest BCUT2D eigenvalue weighted by Gasteiger charge is 2.28. The number of aromatic nitrogens is 1. The quantitative estimate of drug-likeness (QED) is 0.616. The molecule has 162 valence electrons. The molecule has 0 aliphatic carbocycles. The smallest absolute Gasteiger partial charge is 0.230 e. The van der Waals surface area contributed by atoms with Crippen molar-refractivity contribution in [3.8, 4) is 0 Å². The first kappa shape index (κ1) is 21.1. The number of carbonyl (C=O) groups excluding carboxylic acids is 1. The summed E-state index contributed by atoms with van der Waals surface area (Å²) in [5.74, 6) is 1.10. The van der Waals surface area contributed by atoms with Gasteiger partial charge in [0, 0.05) is 56.4 Å². The van der Waals surface area contributed by atoms with E-state index in [1.165, 1.54) is 0 Å².